The highest BCUT2D eigenvalue weighted by atomic mass is 79.9. The largest absolute Gasteiger partial charge is 0.322 e. The number of anilines is 1. The Labute approximate surface area is 142 Å². The molecule has 1 N–H and O–H groups in total. The zero-order valence-corrected chi connectivity index (χ0v) is 14.8. The highest BCUT2D eigenvalue weighted by Crippen LogP contribution is 2.23. The van der Waals surface area contributed by atoms with E-state index in [1.165, 1.54) is 56.6 Å². The standard InChI is InChI=1S/C15H14BrFN2O3S/c1-19(2)23(21,22)12-7-8-14(16)13(9-12)15(20)18-11-5-3-10(17)4-6-11/h3-9H,1-2H3,(H,18,20). The van der Waals surface area contributed by atoms with Gasteiger partial charge in [-0.3, -0.25) is 4.79 Å². The molecule has 0 saturated carbocycles. The monoisotopic (exact) mass is 400 g/mol. The average Bonchev–Trinajstić information content (AvgIpc) is 2.49. The molecular weight excluding hydrogens is 387 g/mol. The molecule has 0 unspecified atom stereocenters. The number of nitrogens with zero attached hydrogens (tertiary/aromatic N) is 1. The van der Waals surface area contributed by atoms with E-state index in [0.717, 1.165) is 4.31 Å². The molecule has 0 fully saturated rings. The Bertz CT molecular complexity index is 836. The van der Waals surface area contributed by atoms with Gasteiger partial charge in [-0.05, 0) is 58.4 Å². The van der Waals surface area contributed by atoms with Crippen LogP contribution in [0.4, 0.5) is 10.1 Å². The average molecular weight is 401 g/mol. The molecule has 2 aromatic rings. The minimum absolute atomic E-state index is 0.00922. The number of amides is 1. The Kier molecular flexibility index (Phi) is 5.18. The summed E-state index contributed by atoms with van der Waals surface area (Å²) in [6, 6.07) is 9.47. The van der Waals surface area contributed by atoms with Gasteiger partial charge in [-0.25, -0.2) is 17.1 Å². The van der Waals surface area contributed by atoms with Crippen molar-refractivity contribution < 1.29 is 17.6 Å². The molecular formula is C15H14BrFN2O3S. The van der Waals surface area contributed by atoms with Crippen molar-refractivity contribution in [1.29, 1.82) is 0 Å². The van der Waals surface area contributed by atoms with Crippen LogP contribution in [0.25, 0.3) is 0 Å². The van der Waals surface area contributed by atoms with Crippen molar-refractivity contribution in [2.45, 2.75) is 4.90 Å². The number of hydrogen-bond acceptors (Lipinski definition) is 3. The number of carbonyl (C=O) groups is 1. The van der Waals surface area contributed by atoms with Gasteiger partial charge in [-0.1, -0.05) is 0 Å². The quantitative estimate of drug-likeness (QED) is 0.857. The first-order chi connectivity index (χ1) is 10.7. The fourth-order valence-electron chi connectivity index (χ4n) is 1.78. The first-order valence-electron chi connectivity index (χ1n) is 6.51. The van der Waals surface area contributed by atoms with E-state index in [1.807, 2.05) is 0 Å². The summed E-state index contributed by atoms with van der Waals surface area (Å²) in [4.78, 5) is 12.3. The van der Waals surface area contributed by atoms with Crippen LogP contribution in [0.5, 0.6) is 0 Å². The maximum Gasteiger partial charge on any atom is 0.256 e. The molecule has 0 heterocycles. The summed E-state index contributed by atoms with van der Waals surface area (Å²) in [6.07, 6.45) is 0. The van der Waals surface area contributed by atoms with Crippen LogP contribution in [0.15, 0.2) is 51.8 Å². The first kappa shape index (κ1) is 17.6. The maximum absolute atomic E-state index is 12.9. The maximum atomic E-state index is 12.9. The van der Waals surface area contributed by atoms with Crippen molar-refractivity contribution in [2.75, 3.05) is 19.4 Å². The zero-order chi connectivity index (χ0) is 17.2. The Morgan fingerprint density at radius 2 is 1.74 bits per heavy atom. The van der Waals surface area contributed by atoms with E-state index in [1.54, 1.807) is 0 Å². The summed E-state index contributed by atoms with van der Waals surface area (Å²) in [5, 5.41) is 2.59. The zero-order valence-electron chi connectivity index (χ0n) is 12.4. The molecule has 2 rings (SSSR count). The molecule has 8 heteroatoms. The van der Waals surface area contributed by atoms with E-state index in [0.29, 0.717) is 10.2 Å². The van der Waals surface area contributed by atoms with E-state index in [4.69, 9.17) is 0 Å². The molecule has 5 nitrogen and oxygen atoms in total. The van der Waals surface area contributed by atoms with Gasteiger partial charge in [-0.2, -0.15) is 0 Å². The van der Waals surface area contributed by atoms with Crippen molar-refractivity contribution in [3.8, 4) is 0 Å². The number of rotatable bonds is 4. The van der Waals surface area contributed by atoms with Crippen LogP contribution in [-0.2, 0) is 10.0 Å². The summed E-state index contributed by atoms with van der Waals surface area (Å²) < 4.78 is 38.7. The second-order valence-corrected chi connectivity index (χ2v) is 7.90. The molecule has 23 heavy (non-hydrogen) atoms. The minimum Gasteiger partial charge on any atom is -0.322 e. The summed E-state index contributed by atoms with van der Waals surface area (Å²) in [6.45, 7) is 0. The van der Waals surface area contributed by atoms with Gasteiger partial charge in [0, 0.05) is 24.3 Å². The summed E-state index contributed by atoms with van der Waals surface area (Å²) in [5.41, 5.74) is 0.571. The second-order valence-electron chi connectivity index (χ2n) is 4.89. The molecule has 2 aromatic carbocycles. The van der Waals surface area contributed by atoms with Gasteiger partial charge in [0.1, 0.15) is 5.82 Å². The van der Waals surface area contributed by atoms with Crippen molar-refractivity contribution in [2.24, 2.45) is 0 Å². The van der Waals surface area contributed by atoms with Crippen molar-refractivity contribution in [1.82, 2.24) is 4.31 Å². The van der Waals surface area contributed by atoms with E-state index in [-0.39, 0.29) is 10.5 Å². The fourth-order valence-corrected chi connectivity index (χ4v) is 3.14. The van der Waals surface area contributed by atoms with Crippen LogP contribution in [0, 0.1) is 5.82 Å². The topological polar surface area (TPSA) is 66.5 Å². The molecule has 0 aromatic heterocycles. The number of sulfonamides is 1. The third kappa shape index (κ3) is 3.95. The predicted molar refractivity (Wildman–Crippen MR) is 89.4 cm³/mol. The van der Waals surface area contributed by atoms with E-state index in [9.17, 15) is 17.6 Å². The van der Waals surface area contributed by atoms with Crippen LogP contribution in [0.1, 0.15) is 10.4 Å². The van der Waals surface area contributed by atoms with Crippen molar-refractivity contribution in [3.63, 3.8) is 0 Å². The van der Waals surface area contributed by atoms with Crippen LogP contribution in [0.2, 0.25) is 0 Å². The van der Waals surface area contributed by atoms with E-state index < -0.39 is 21.7 Å². The number of halogens is 2. The molecule has 0 aliphatic rings. The number of nitrogens with one attached hydrogen (secondary N) is 1. The van der Waals surface area contributed by atoms with Crippen LogP contribution in [0.3, 0.4) is 0 Å². The van der Waals surface area contributed by atoms with Gasteiger partial charge >= 0.3 is 0 Å². The lowest BCUT2D eigenvalue weighted by Crippen LogP contribution is -2.23. The molecule has 1 amide bonds. The first-order valence-corrected chi connectivity index (χ1v) is 8.74. The lowest BCUT2D eigenvalue weighted by atomic mass is 10.2. The van der Waals surface area contributed by atoms with Crippen LogP contribution < -0.4 is 5.32 Å². The number of hydrogen-bond donors (Lipinski definition) is 1. The minimum atomic E-state index is -3.65. The molecule has 0 radical (unpaired) electrons. The molecule has 0 saturated heterocycles. The lowest BCUT2D eigenvalue weighted by molar-refractivity contribution is 0.102. The summed E-state index contributed by atoms with van der Waals surface area (Å²) >= 11 is 3.23. The third-order valence-electron chi connectivity index (χ3n) is 3.06. The normalized spacial score (nSPS) is 11.5. The van der Waals surface area contributed by atoms with E-state index >= 15 is 0 Å². The smallest absolute Gasteiger partial charge is 0.256 e. The van der Waals surface area contributed by atoms with Crippen molar-refractivity contribution in [3.05, 3.63) is 58.3 Å². The molecule has 122 valence electrons. The molecule has 0 atom stereocenters. The van der Waals surface area contributed by atoms with Gasteiger partial charge in [0.15, 0.2) is 0 Å². The van der Waals surface area contributed by atoms with Crippen LogP contribution in [-0.4, -0.2) is 32.7 Å². The Morgan fingerprint density at radius 1 is 1.13 bits per heavy atom. The molecule has 0 aliphatic heterocycles. The summed E-state index contributed by atoms with van der Waals surface area (Å²) in [5.74, 6) is -0.914. The third-order valence-corrected chi connectivity index (χ3v) is 5.57. The van der Waals surface area contributed by atoms with Crippen LogP contribution >= 0.6 is 15.9 Å². The Morgan fingerprint density at radius 3 is 2.30 bits per heavy atom. The number of benzene rings is 2. The van der Waals surface area contributed by atoms with Gasteiger partial charge in [-0.15, -0.1) is 0 Å². The van der Waals surface area contributed by atoms with Gasteiger partial charge in [0.25, 0.3) is 5.91 Å². The highest BCUT2D eigenvalue weighted by Gasteiger charge is 2.20. The Balaban J connectivity index is 2.35. The van der Waals surface area contributed by atoms with E-state index in [2.05, 4.69) is 21.2 Å². The summed E-state index contributed by atoms with van der Waals surface area (Å²) in [7, 11) is -0.821. The molecule has 0 aliphatic carbocycles. The second kappa shape index (κ2) is 6.77. The lowest BCUT2D eigenvalue weighted by Gasteiger charge is -2.13. The predicted octanol–water partition coefficient (Wildman–Crippen LogP) is 3.09. The Hall–Kier alpha value is -1.77. The molecule has 0 bridgehead atoms. The van der Waals surface area contributed by atoms with Gasteiger partial charge in [0.2, 0.25) is 10.0 Å². The fraction of sp³-hybridized carbons (Fsp3) is 0.133. The SMILES string of the molecule is CN(C)S(=O)(=O)c1ccc(Br)c(C(=O)Nc2ccc(F)cc2)c1. The van der Waals surface area contributed by atoms with Gasteiger partial charge in [0.05, 0.1) is 10.5 Å². The molecule has 0 spiro atoms. The highest BCUT2D eigenvalue weighted by molar-refractivity contribution is 9.10. The number of carbonyl (C=O) groups excluding carboxylic acids is 1. The van der Waals surface area contributed by atoms with Gasteiger partial charge < -0.3 is 5.32 Å². The van der Waals surface area contributed by atoms with Crippen molar-refractivity contribution >= 4 is 37.5 Å².